The lowest BCUT2D eigenvalue weighted by atomic mass is 9.94. The van der Waals surface area contributed by atoms with Gasteiger partial charge in [0.25, 0.3) is 0 Å². The van der Waals surface area contributed by atoms with Crippen LogP contribution < -0.4 is 4.40 Å². The van der Waals surface area contributed by atoms with Gasteiger partial charge >= 0.3 is 0 Å². The third-order valence-electron chi connectivity index (χ3n) is 3.96. The maximum absolute atomic E-state index is 2.20. The van der Waals surface area contributed by atoms with Crippen LogP contribution in [0, 0.1) is 0 Å². The van der Waals surface area contributed by atoms with Crippen LogP contribution in [-0.2, 0) is 0 Å². The Balaban J connectivity index is 2.09. The van der Waals surface area contributed by atoms with E-state index in [0.717, 1.165) is 0 Å². The zero-order valence-corrected chi connectivity index (χ0v) is 12.2. The normalized spacial score (nSPS) is 10.7. The molecule has 0 radical (unpaired) electrons. The molecule has 22 heavy (non-hydrogen) atoms. The maximum Gasteiger partial charge on any atom is 0.219 e. The quantitative estimate of drug-likeness (QED) is 0.467. The highest BCUT2D eigenvalue weighted by Gasteiger charge is 2.16. The van der Waals surface area contributed by atoms with Crippen LogP contribution in [0.1, 0.15) is 0 Å². The van der Waals surface area contributed by atoms with Crippen molar-refractivity contribution in [1.82, 2.24) is 0 Å². The molecule has 4 aromatic rings. The van der Waals surface area contributed by atoms with Crippen LogP contribution in [0.2, 0.25) is 0 Å². The van der Waals surface area contributed by atoms with Crippen molar-refractivity contribution in [2.75, 3.05) is 0 Å². The molecule has 0 aliphatic rings. The van der Waals surface area contributed by atoms with Gasteiger partial charge in [0.05, 0.1) is 5.56 Å². The summed E-state index contributed by atoms with van der Waals surface area (Å²) < 4.78 is 2.18. The molecular weight excluding hydrogens is 266 g/mol. The molecule has 0 unspecified atom stereocenters. The molecule has 0 aliphatic carbocycles. The topological polar surface area (TPSA) is 4.10 Å². The summed E-state index contributed by atoms with van der Waals surface area (Å²) >= 11 is 0. The summed E-state index contributed by atoms with van der Waals surface area (Å²) in [6.07, 6.45) is 4.22. The first-order chi connectivity index (χ1) is 10.9. The lowest BCUT2D eigenvalue weighted by molar-refractivity contribution is -0.511. The van der Waals surface area contributed by atoms with Gasteiger partial charge in [0, 0.05) is 23.8 Å². The predicted molar refractivity (Wildman–Crippen MR) is 90.5 cm³/mol. The minimum atomic E-state index is 1.22. The third-order valence-corrected chi connectivity index (χ3v) is 3.96. The second-order valence-corrected chi connectivity index (χ2v) is 5.33. The van der Waals surface area contributed by atoms with E-state index >= 15 is 0 Å². The summed E-state index contributed by atoms with van der Waals surface area (Å²) in [6, 6.07) is 29.7. The minimum Gasteiger partial charge on any atom is -0.167 e. The Morgan fingerprint density at radius 1 is 0.500 bits per heavy atom. The van der Waals surface area contributed by atoms with Crippen molar-refractivity contribution in [1.29, 1.82) is 0 Å². The molecule has 2 aromatic heterocycles. The van der Waals surface area contributed by atoms with Crippen LogP contribution in [0.3, 0.4) is 0 Å². The molecule has 0 amide bonds. The van der Waals surface area contributed by atoms with Gasteiger partial charge in [-0.3, -0.25) is 0 Å². The van der Waals surface area contributed by atoms with Gasteiger partial charge in [0.1, 0.15) is 0 Å². The summed E-state index contributed by atoms with van der Waals surface area (Å²) in [5.41, 5.74) is 6.24. The molecule has 104 valence electrons. The molecule has 1 heteroatoms. The maximum atomic E-state index is 2.20. The van der Waals surface area contributed by atoms with Crippen molar-refractivity contribution in [3.05, 3.63) is 97.3 Å². The van der Waals surface area contributed by atoms with Crippen molar-refractivity contribution in [3.8, 4) is 22.3 Å². The lowest BCUT2D eigenvalue weighted by Crippen LogP contribution is -2.21. The zero-order valence-electron chi connectivity index (χ0n) is 12.2. The second kappa shape index (κ2) is 5.45. The van der Waals surface area contributed by atoms with E-state index < -0.39 is 0 Å². The molecule has 0 aliphatic heterocycles. The van der Waals surface area contributed by atoms with E-state index in [1.54, 1.807) is 0 Å². The number of pyridine rings is 2. The van der Waals surface area contributed by atoms with E-state index in [1.165, 1.54) is 27.8 Å². The summed E-state index contributed by atoms with van der Waals surface area (Å²) in [5.74, 6) is 0. The Bertz CT molecular complexity index is 912. The average molecular weight is 282 g/mol. The van der Waals surface area contributed by atoms with Crippen molar-refractivity contribution in [3.63, 3.8) is 0 Å². The van der Waals surface area contributed by atoms with Gasteiger partial charge < -0.3 is 0 Å². The molecule has 0 saturated carbocycles. The number of hydrogen-bond acceptors (Lipinski definition) is 0. The van der Waals surface area contributed by atoms with Gasteiger partial charge in [-0.2, -0.15) is 4.40 Å². The fourth-order valence-corrected chi connectivity index (χ4v) is 2.94. The molecule has 0 atom stereocenters. The molecule has 0 saturated heterocycles. The van der Waals surface area contributed by atoms with Crippen LogP contribution in [-0.4, -0.2) is 0 Å². The van der Waals surface area contributed by atoms with Gasteiger partial charge in [-0.1, -0.05) is 60.7 Å². The first-order valence-corrected chi connectivity index (χ1v) is 7.47. The highest BCUT2D eigenvalue weighted by atomic mass is 14.8. The molecule has 0 spiro atoms. The molecule has 0 N–H and O–H groups in total. The Kier molecular flexibility index (Phi) is 3.17. The Labute approximate surface area is 130 Å². The van der Waals surface area contributed by atoms with Gasteiger partial charge in [-0.15, -0.1) is 0 Å². The van der Waals surface area contributed by atoms with Crippen molar-refractivity contribution >= 4 is 5.52 Å². The number of benzene rings is 2. The SMILES string of the molecule is c1ccc(-c2cc[n+]3ccccc3c2-c2ccccc2)cc1. The highest BCUT2D eigenvalue weighted by Crippen LogP contribution is 2.33. The van der Waals surface area contributed by atoms with Crippen molar-refractivity contribution in [2.24, 2.45) is 0 Å². The van der Waals surface area contributed by atoms with Crippen molar-refractivity contribution < 1.29 is 4.40 Å². The van der Waals surface area contributed by atoms with Gasteiger partial charge in [-0.05, 0) is 17.2 Å². The minimum absolute atomic E-state index is 1.22. The number of hydrogen-bond donors (Lipinski definition) is 0. The number of fused-ring (bicyclic) bond motifs is 1. The molecular formula is C21H16N+. The smallest absolute Gasteiger partial charge is 0.167 e. The molecule has 0 fully saturated rings. The number of nitrogens with zero attached hydrogens (tertiary/aromatic N) is 1. The molecule has 0 bridgehead atoms. The predicted octanol–water partition coefficient (Wildman–Crippen LogP) is 4.76. The van der Waals surface area contributed by atoms with E-state index in [-0.39, 0.29) is 0 Å². The number of aromatic nitrogens is 1. The molecule has 4 rings (SSSR count). The standard InChI is InChI=1S/C21H16N/c1-3-9-17(10-4-1)19-14-16-22-15-8-7-13-20(22)21(19)18-11-5-2-6-12-18/h1-16H/q+1. The molecule has 1 nitrogen and oxygen atoms in total. The van der Waals surface area contributed by atoms with Crippen molar-refractivity contribution in [2.45, 2.75) is 0 Å². The van der Waals surface area contributed by atoms with E-state index in [4.69, 9.17) is 0 Å². The van der Waals surface area contributed by atoms with Crippen LogP contribution in [0.25, 0.3) is 27.8 Å². The van der Waals surface area contributed by atoms with Crippen LogP contribution >= 0.6 is 0 Å². The molecule has 2 aromatic carbocycles. The summed E-state index contributed by atoms with van der Waals surface area (Å²) in [7, 11) is 0. The third kappa shape index (κ3) is 2.17. The first kappa shape index (κ1) is 12.8. The fraction of sp³-hybridized carbons (Fsp3) is 0. The summed E-state index contributed by atoms with van der Waals surface area (Å²) in [4.78, 5) is 0. The zero-order chi connectivity index (χ0) is 14.8. The van der Waals surface area contributed by atoms with E-state index in [1.807, 2.05) is 0 Å². The highest BCUT2D eigenvalue weighted by molar-refractivity contribution is 5.91. The van der Waals surface area contributed by atoms with Crippen LogP contribution in [0.15, 0.2) is 97.3 Å². The first-order valence-electron chi connectivity index (χ1n) is 7.47. The van der Waals surface area contributed by atoms with Crippen LogP contribution in [0.4, 0.5) is 0 Å². The van der Waals surface area contributed by atoms with Gasteiger partial charge in [0.15, 0.2) is 12.4 Å². The number of rotatable bonds is 2. The lowest BCUT2D eigenvalue weighted by Gasteiger charge is -2.10. The summed E-state index contributed by atoms with van der Waals surface area (Å²) in [5, 5.41) is 0. The monoisotopic (exact) mass is 282 g/mol. The van der Waals surface area contributed by atoms with E-state index in [2.05, 4.69) is 102 Å². The Morgan fingerprint density at radius 2 is 1.14 bits per heavy atom. The largest absolute Gasteiger partial charge is 0.219 e. The van der Waals surface area contributed by atoms with Crippen LogP contribution in [0.5, 0.6) is 0 Å². The van der Waals surface area contributed by atoms with E-state index in [0.29, 0.717) is 0 Å². The second-order valence-electron chi connectivity index (χ2n) is 5.33. The van der Waals surface area contributed by atoms with E-state index in [9.17, 15) is 0 Å². The summed E-state index contributed by atoms with van der Waals surface area (Å²) in [6.45, 7) is 0. The van der Waals surface area contributed by atoms with Gasteiger partial charge in [0.2, 0.25) is 5.52 Å². The Morgan fingerprint density at radius 3 is 1.86 bits per heavy atom. The Hall–Kier alpha value is -2.93. The molecule has 2 heterocycles. The van der Waals surface area contributed by atoms with Gasteiger partial charge in [-0.25, -0.2) is 0 Å². The fourth-order valence-electron chi connectivity index (χ4n) is 2.94. The average Bonchev–Trinajstić information content (AvgIpc) is 2.62.